The Kier molecular flexibility index (Phi) is 5.79. The number of H-pyrrole nitrogens is 1. The van der Waals surface area contributed by atoms with Gasteiger partial charge in [-0.2, -0.15) is 5.10 Å². The molecule has 0 spiro atoms. The number of anilines is 1. The largest absolute Gasteiger partial charge is 0.342 e. The fourth-order valence-electron chi connectivity index (χ4n) is 5.15. The van der Waals surface area contributed by atoms with Crippen LogP contribution in [0.3, 0.4) is 0 Å². The average Bonchev–Trinajstić information content (AvgIpc) is 3.40. The molecule has 1 unspecified atom stereocenters. The summed E-state index contributed by atoms with van der Waals surface area (Å²) in [4.78, 5) is 27.5. The second-order valence-electron chi connectivity index (χ2n) is 8.63. The van der Waals surface area contributed by atoms with Crippen molar-refractivity contribution in [2.24, 2.45) is 11.8 Å². The van der Waals surface area contributed by atoms with Crippen LogP contribution in [0.5, 0.6) is 0 Å². The van der Waals surface area contributed by atoms with Crippen LogP contribution < -0.4 is 5.32 Å². The van der Waals surface area contributed by atoms with Crippen molar-refractivity contribution in [2.75, 3.05) is 18.4 Å². The molecule has 0 aromatic carbocycles. The molecule has 1 saturated heterocycles. The molecule has 6 nitrogen and oxygen atoms in total. The lowest BCUT2D eigenvalue weighted by Crippen LogP contribution is -2.43. The van der Waals surface area contributed by atoms with Crippen molar-refractivity contribution in [1.82, 2.24) is 15.1 Å². The predicted molar refractivity (Wildman–Crippen MR) is 104 cm³/mol. The Hall–Kier alpha value is -1.85. The minimum atomic E-state index is 0.126. The lowest BCUT2D eigenvalue weighted by Gasteiger charge is -2.35. The van der Waals surface area contributed by atoms with E-state index in [1.807, 2.05) is 0 Å². The van der Waals surface area contributed by atoms with Gasteiger partial charge >= 0.3 is 0 Å². The van der Waals surface area contributed by atoms with E-state index in [0.29, 0.717) is 5.91 Å². The minimum Gasteiger partial charge on any atom is -0.342 e. The quantitative estimate of drug-likeness (QED) is 0.843. The molecular formula is C21H32N4O2. The molecule has 3 fully saturated rings. The summed E-state index contributed by atoms with van der Waals surface area (Å²) in [5.41, 5.74) is 1.80. The number of nitrogens with zero attached hydrogens (tertiary/aromatic N) is 2. The number of piperidine rings is 1. The summed E-state index contributed by atoms with van der Waals surface area (Å²) in [6.07, 6.45) is 13.8. The standard InChI is InChI=1S/C21H32N4O2/c26-20(15-7-4-5-8-15)23-18-13-22-24-19(18)17-11-6-12-25(14-17)21(27)16-9-2-1-3-10-16/h13,15-17H,1-12,14H2,(H,22,24)(H,23,26). The molecule has 2 heterocycles. The second-order valence-corrected chi connectivity index (χ2v) is 8.63. The van der Waals surface area contributed by atoms with E-state index in [1.54, 1.807) is 6.20 Å². The Morgan fingerprint density at radius 1 is 0.963 bits per heavy atom. The van der Waals surface area contributed by atoms with Crippen LogP contribution >= 0.6 is 0 Å². The maximum absolute atomic E-state index is 12.9. The molecular weight excluding hydrogens is 340 g/mol. The van der Waals surface area contributed by atoms with E-state index in [1.165, 1.54) is 19.3 Å². The van der Waals surface area contributed by atoms with Crippen molar-refractivity contribution < 1.29 is 9.59 Å². The molecule has 1 aliphatic heterocycles. The number of nitrogens with one attached hydrogen (secondary N) is 2. The first-order chi connectivity index (χ1) is 13.2. The molecule has 0 radical (unpaired) electrons. The third kappa shape index (κ3) is 4.19. The van der Waals surface area contributed by atoms with Crippen LogP contribution in [0.25, 0.3) is 0 Å². The molecule has 27 heavy (non-hydrogen) atoms. The van der Waals surface area contributed by atoms with Crippen LogP contribution in [0.15, 0.2) is 6.20 Å². The highest BCUT2D eigenvalue weighted by atomic mass is 16.2. The molecule has 0 bridgehead atoms. The normalized spacial score (nSPS) is 24.9. The summed E-state index contributed by atoms with van der Waals surface area (Å²) < 4.78 is 0. The van der Waals surface area contributed by atoms with Crippen LogP contribution in [0.1, 0.15) is 82.2 Å². The SMILES string of the molecule is O=C(Nc1cn[nH]c1C1CCCN(C(=O)C2CCCCC2)C1)C1CCCC1. The number of hydrogen-bond donors (Lipinski definition) is 2. The van der Waals surface area contributed by atoms with E-state index in [4.69, 9.17) is 0 Å². The van der Waals surface area contributed by atoms with Crippen LogP contribution in [-0.2, 0) is 9.59 Å². The van der Waals surface area contributed by atoms with Crippen LogP contribution in [0.4, 0.5) is 5.69 Å². The van der Waals surface area contributed by atoms with E-state index >= 15 is 0 Å². The summed E-state index contributed by atoms with van der Waals surface area (Å²) in [6.45, 7) is 1.60. The van der Waals surface area contributed by atoms with Crippen LogP contribution in [0, 0.1) is 11.8 Å². The zero-order chi connectivity index (χ0) is 18.6. The van der Waals surface area contributed by atoms with Crippen molar-refractivity contribution in [1.29, 1.82) is 0 Å². The number of carbonyl (C=O) groups is 2. The van der Waals surface area contributed by atoms with E-state index in [0.717, 1.165) is 75.8 Å². The first-order valence-corrected chi connectivity index (χ1v) is 10.9. The molecule has 2 saturated carbocycles. The van der Waals surface area contributed by atoms with Gasteiger partial charge in [0.2, 0.25) is 11.8 Å². The average molecular weight is 373 g/mol. The topological polar surface area (TPSA) is 78.1 Å². The maximum Gasteiger partial charge on any atom is 0.227 e. The number of amides is 2. The third-order valence-corrected chi connectivity index (χ3v) is 6.75. The summed E-state index contributed by atoms with van der Waals surface area (Å²) in [5.74, 6) is 1.06. The van der Waals surface area contributed by atoms with Gasteiger partial charge in [0.15, 0.2) is 0 Å². The van der Waals surface area contributed by atoms with Gasteiger partial charge in [-0.3, -0.25) is 14.7 Å². The highest BCUT2D eigenvalue weighted by Crippen LogP contribution is 2.34. The Labute approximate surface area is 161 Å². The number of aromatic nitrogens is 2. The fraction of sp³-hybridized carbons (Fsp3) is 0.762. The highest BCUT2D eigenvalue weighted by molar-refractivity contribution is 5.93. The third-order valence-electron chi connectivity index (χ3n) is 6.75. The van der Waals surface area contributed by atoms with Gasteiger partial charge in [0.1, 0.15) is 0 Å². The molecule has 148 valence electrons. The van der Waals surface area contributed by atoms with Gasteiger partial charge in [-0.05, 0) is 38.5 Å². The van der Waals surface area contributed by atoms with Gasteiger partial charge < -0.3 is 10.2 Å². The number of hydrogen-bond acceptors (Lipinski definition) is 3. The smallest absolute Gasteiger partial charge is 0.227 e. The molecule has 4 rings (SSSR count). The summed E-state index contributed by atoms with van der Waals surface area (Å²) >= 11 is 0. The van der Waals surface area contributed by atoms with Gasteiger partial charge in [0, 0.05) is 30.8 Å². The summed E-state index contributed by atoms with van der Waals surface area (Å²) in [6, 6.07) is 0. The Balaban J connectivity index is 1.40. The number of likely N-dealkylation sites (tertiary alicyclic amines) is 1. The summed E-state index contributed by atoms with van der Waals surface area (Å²) in [7, 11) is 0. The van der Waals surface area contributed by atoms with Gasteiger partial charge in [-0.1, -0.05) is 32.1 Å². The highest BCUT2D eigenvalue weighted by Gasteiger charge is 2.32. The van der Waals surface area contributed by atoms with E-state index in [2.05, 4.69) is 20.4 Å². The van der Waals surface area contributed by atoms with E-state index < -0.39 is 0 Å². The van der Waals surface area contributed by atoms with E-state index in [-0.39, 0.29) is 23.7 Å². The van der Waals surface area contributed by atoms with Crippen LogP contribution in [-0.4, -0.2) is 40.0 Å². The molecule has 1 aromatic rings. The zero-order valence-corrected chi connectivity index (χ0v) is 16.2. The van der Waals surface area contributed by atoms with Gasteiger partial charge in [0.25, 0.3) is 0 Å². The molecule has 6 heteroatoms. The van der Waals surface area contributed by atoms with Gasteiger partial charge in [0.05, 0.1) is 17.6 Å². The summed E-state index contributed by atoms with van der Waals surface area (Å²) in [5, 5.41) is 10.4. The van der Waals surface area contributed by atoms with Crippen molar-refractivity contribution in [3.8, 4) is 0 Å². The first kappa shape index (κ1) is 18.5. The maximum atomic E-state index is 12.9. The predicted octanol–water partition coefficient (Wildman–Crippen LogP) is 3.82. The molecule has 1 atom stereocenters. The van der Waals surface area contributed by atoms with Crippen molar-refractivity contribution in [3.63, 3.8) is 0 Å². The van der Waals surface area contributed by atoms with Crippen LogP contribution in [0.2, 0.25) is 0 Å². The molecule has 3 aliphatic rings. The second kappa shape index (κ2) is 8.44. The molecule has 2 amide bonds. The molecule has 1 aromatic heterocycles. The minimum absolute atomic E-state index is 0.126. The molecule has 2 aliphatic carbocycles. The van der Waals surface area contributed by atoms with E-state index in [9.17, 15) is 9.59 Å². The number of aromatic amines is 1. The Morgan fingerprint density at radius 2 is 1.67 bits per heavy atom. The Bertz CT molecular complexity index is 659. The van der Waals surface area contributed by atoms with Gasteiger partial charge in [-0.25, -0.2) is 0 Å². The number of carbonyl (C=O) groups excluding carboxylic acids is 2. The lowest BCUT2D eigenvalue weighted by molar-refractivity contribution is -0.137. The zero-order valence-electron chi connectivity index (χ0n) is 16.2. The van der Waals surface area contributed by atoms with Gasteiger partial charge in [-0.15, -0.1) is 0 Å². The number of rotatable bonds is 4. The van der Waals surface area contributed by atoms with Crippen molar-refractivity contribution in [3.05, 3.63) is 11.9 Å². The van der Waals surface area contributed by atoms with Crippen molar-refractivity contribution in [2.45, 2.75) is 76.5 Å². The monoisotopic (exact) mass is 372 g/mol. The molecule has 2 N–H and O–H groups in total. The fourth-order valence-corrected chi connectivity index (χ4v) is 5.15. The Morgan fingerprint density at radius 3 is 2.44 bits per heavy atom. The first-order valence-electron chi connectivity index (χ1n) is 10.9. The van der Waals surface area contributed by atoms with Crippen molar-refractivity contribution >= 4 is 17.5 Å². The lowest BCUT2D eigenvalue weighted by atomic mass is 9.86.